The van der Waals surface area contributed by atoms with Crippen LogP contribution in [0.25, 0.3) is 0 Å². The Morgan fingerprint density at radius 2 is 2.30 bits per heavy atom. The molecule has 2 aromatic heterocycles. The second-order valence-electron chi connectivity index (χ2n) is 5.92. The van der Waals surface area contributed by atoms with Crippen molar-refractivity contribution in [3.8, 4) is 5.88 Å². The molecule has 0 aromatic carbocycles. The molecule has 124 valence electrons. The Kier molecular flexibility index (Phi) is 4.71. The fourth-order valence-corrected chi connectivity index (χ4v) is 2.97. The zero-order valence-electron chi connectivity index (χ0n) is 13.9. The summed E-state index contributed by atoms with van der Waals surface area (Å²) in [7, 11) is 5.56. The molecule has 8 nitrogen and oxygen atoms in total. The van der Waals surface area contributed by atoms with E-state index in [1.54, 1.807) is 24.1 Å². The third-order valence-corrected chi connectivity index (χ3v) is 4.21. The van der Waals surface area contributed by atoms with Gasteiger partial charge in [0.2, 0.25) is 11.8 Å². The van der Waals surface area contributed by atoms with Crippen LogP contribution in [0.5, 0.6) is 5.88 Å². The van der Waals surface area contributed by atoms with E-state index in [0.29, 0.717) is 17.9 Å². The Morgan fingerprint density at radius 1 is 1.43 bits per heavy atom. The number of hydrogen-bond donors (Lipinski definition) is 0. The summed E-state index contributed by atoms with van der Waals surface area (Å²) in [5.41, 5.74) is 1.01. The number of aryl methyl sites for hydroxylation is 1. The van der Waals surface area contributed by atoms with Gasteiger partial charge in [0.05, 0.1) is 12.8 Å². The molecule has 23 heavy (non-hydrogen) atoms. The topological polar surface area (TPSA) is 72.2 Å². The largest absolute Gasteiger partial charge is 0.481 e. The molecule has 0 saturated carbocycles. The maximum atomic E-state index is 5.19. The summed E-state index contributed by atoms with van der Waals surface area (Å²) in [6.07, 6.45) is 5.99. The van der Waals surface area contributed by atoms with Gasteiger partial charge in [-0.25, -0.2) is 4.98 Å². The van der Waals surface area contributed by atoms with Crippen LogP contribution in [-0.4, -0.2) is 63.2 Å². The van der Waals surface area contributed by atoms with E-state index in [1.807, 2.05) is 20.3 Å². The summed E-state index contributed by atoms with van der Waals surface area (Å²) in [6, 6.07) is 2.14. The molecule has 0 spiro atoms. The van der Waals surface area contributed by atoms with Gasteiger partial charge in [0.1, 0.15) is 0 Å². The number of rotatable bonds is 5. The van der Waals surface area contributed by atoms with Crippen LogP contribution < -0.4 is 9.64 Å². The van der Waals surface area contributed by atoms with Crippen molar-refractivity contribution in [2.24, 2.45) is 7.05 Å². The first-order valence-electron chi connectivity index (χ1n) is 7.83. The summed E-state index contributed by atoms with van der Waals surface area (Å²) in [6.45, 7) is 2.88. The molecule has 0 radical (unpaired) electrons. The average Bonchev–Trinajstić information content (AvgIpc) is 2.99. The summed E-state index contributed by atoms with van der Waals surface area (Å²) >= 11 is 0. The number of likely N-dealkylation sites (N-methyl/N-ethyl adjacent to an activating group) is 1. The minimum atomic E-state index is 0.382. The van der Waals surface area contributed by atoms with E-state index < -0.39 is 0 Å². The molecule has 0 bridgehead atoms. The zero-order chi connectivity index (χ0) is 16.2. The van der Waals surface area contributed by atoms with Gasteiger partial charge in [0.25, 0.3) is 0 Å². The minimum Gasteiger partial charge on any atom is -0.481 e. The van der Waals surface area contributed by atoms with Crippen LogP contribution in [0.2, 0.25) is 0 Å². The standard InChI is InChI=1S/C15H23N7O/c1-20-9-12(18-19-20)10-22-8-4-5-13(11-22)21(2)15-16-7-6-14(17-15)23-3/h6-7,9,13H,4-5,8,10-11H2,1-3H3. The summed E-state index contributed by atoms with van der Waals surface area (Å²) in [4.78, 5) is 13.3. The lowest BCUT2D eigenvalue weighted by molar-refractivity contribution is 0.196. The number of nitrogens with zero attached hydrogens (tertiary/aromatic N) is 7. The van der Waals surface area contributed by atoms with Crippen LogP contribution in [0.1, 0.15) is 18.5 Å². The molecule has 1 unspecified atom stereocenters. The SMILES string of the molecule is COc1ccnc(N(C)C2CCCN(Cc3cn(C)nn3)C2)n1. The number of hydrogen-bond acceptors (Lipinski definition) is 7. The van der Waals surface area contributed by atoms with Crippen molar-refractivity contribution < 1.29 is 4.74 Å². The van der Waals surface area contributed by atoms with E-state index >= 15 is 0 Å². The van der Waals surface area contributed by atoms with E-state index in [2.05, 4.69) is 30.1 Å². The highest BCUT2D eigenvalue weighted by Crippen LogP contribution is 2.20. The molecule has 1 fully saturated rings. The lowest BCUT2D eigenvalue weighted by atomic mass is 10.0. The van der Waals surface area contributed by atoms with Gasteiger partial charge in [-0.05, 0) is 19.4 Å². The first-order valence-corrected chi connectivity index (χ1v) is 7.83. The quantitative estimate of drug-likeness (QED) is 0.804. The Hall–Kier alpha value is -2.22. The van der Waals surface area contributed by atoms with E-state index in [9.17, 15) is 0 Å². The number of ether oxygens (including phenoxy) is 1. The molecule has 1 atom stereocenters. The summed E-state index contributed by atoms with van der Waals surface area (Å²) in [5, 5.41) is 8.18. The lowest BCUT2D eigenvalue weighted by Crippen LogP contribution is -2.46. The van der Waals surface area contributed by atoms with Crippen LogP contribution in [-0.2, 0) is 13.6 Å². The average molecular weight is 317 g/mol. The number of methoxy groups -OCH3 is 1. The van der Waals surface area contributed by atoms with Gasteiger partial charge in [-0.15, -0.1) is 5.10 Å². The van der Waals surface area contributed by atoms with E-state index in [0.717, 1.165) is 38.2 Å². The van der Waals surface area contributed by atoms with Crippen molar-refractivity contribution in [2.75, 3.05) is 32.1 Å². The Bertz CT molecular complexity index is 644. The normalized spacial score (nSPS) is 18.8. The van der Waals surface area contributed by atoms with Gasteiger partial charge in [-0.3, -0.25) is 9.58 Å². The number of piperidine rings is 1. The third kappa shape index (κ3) is 3.76. The van der Waals surface area contributed by atoms with E-state index in [4.69, 9.17) is 4.74 Å². The van der Waals surface area contributed by atoms with Crippen molar-refractivity contribution in [1.29, 1.82) is 0 Å². The predicted molar refractivity (Wildman–Crippen MR) is 86.3 cm³/mol. The zero-order valence-corrected chi connectivity index (χ0v) is 13.9. The van der Waals surface area contributed by atoms with Crippen LogP contribution in [0, 0.1) is 0 Å². The molecular weight excluding hydrogens is 294 g/mol. The van der Waals surface area contributed by atoms with Crippen LogP contribution in [0.15, 0.2) is 18.5 Å². The van der Waals surface area contributed by atoms with Gasteiger partial charge in [-0.1, -0.05) is 5.21 Å². The Labute approximate surface area is 136 Å². The monoisotopic (exact) mass is 317 g/mol. The molecular formula is C15H23N7O. The van der Waals surface area contributed by atoms with Gasteiger partial charge in [-0.2, -0.15) is 4.98 Å². The first kappa shape index (κ1) is 15.7. The molecule has 8 heteroatoms. The molecule has 1 saturated heterocycles. The molecule has 0 amide bonds. The Balaban J connectivity index is 1.65. The van der Waals surface area contributed by atoms with Gasteiger partial charge >= 0.3 is 0 Å². The second kappa shape index (κ2) is 6.91. The molecule has 3 rings (SSSR count). The molecule has 1 aliphatic rings. The van der Waals surface area contributed by atoms with Gasteiger partial charge < -0.3 is 9.64 Å². The number of anilines is 1. The van der Waals surface area contributed by atoms with Crippen LogP contribution in [0.4, 0.5) is 5.95 Å². The fourth-order valence-electron chi connectivity index (χ4n) is 2.97. The fraction of sp³-hybridized carbons (Fsp3) is 0.600. The van der Waals surface area contributed by atoms with Crippen molar-refractivity contribution in [3.63, 3.8) is 0 Å². The second-order valence-corrected chi connectivity index (χ2v) is 5.92. The summed E-state index contributed by atoms with van der Waals surface area (Å²) in [5.74, 6) is 1.30. The first-order chi connectivity index (χ1) is 11.2. The Morgan fingerprint density at radius 3 is 3.04 bits per heavy atom. The molecule has 2 aromatic rings. The van der Waals surface area contributed by atoms with Crippen molar-refractivity contribution >= 4 is 5.95 Å². The van der Waals surface area contributed by atoms with Gasteiger partial charge in [0, 0.05) is 51.7 Å². The van der Waals surface area contributed by atoms with E-state index in [1.165, 1.54) is 0 Å². The molecule has 0 N–H and O–H groups in total. The highest BCUT2D eigenvalue weighted by molar-refractivity contribution is 5.32. The lowest BCUT2D eigenvalue weighted by Gasteiger charge is -2.37. The van der Waals surface area contributed by atoms with Crippen LogP contribution in [0.3, 0.4) is 0 Å². The smallest absolute Gasteiger partial charge is 0.228 e. The minimum absolute atomic E-state index is 0.382. The van der Waals surface area contributed by atoms with Crippen molar-refractivity contribution in [3.05, 3.63) is 24.2 Å². The molecule has 1 aliphatic heterocycles. The van der Waals surface area contributed by atoms with E-state index in [-0.39, 0.29) is 0 Å². The van der Waals surface area contributed by atoms with Crippen LogP contribution >= 0.6 is 0 Å². The van der Waals surface area contributed by atoms with Crippen molar-refractivity contribution in [1.82, 2.24) is 29.9 Å². The highest BCUT2D eigenvalue weighted by Gasteiger charge is 2.25. The van der Waals surface area contributed by atoms with Gasteiger partial charge in [0.15, 0.2) is 0 Å². The number of aromatic nitrogens is 5. The maximum absolute atomic E-state index is 5.19. The molecule has 3 heterocycles. The molecule has 0 aliphatic carbocycles. The van der Waals surface area contributed by atoms with Crippen molar-refractivity contribution in [2.45, 2.75) is 25.4 Å². The number of likely N-dealkylation sites (tertiary alicyclic amines) is 1. The maximum Gasteiger partial charge on any atom is 0.228 e. The summed E-state index contributed by atoms with van der Waals surface area (Å²) < 4.78 is 6.93. The highest BCUT2D eigenvalue weighted by atomic mass is 16.5. The predicted octanol–water partition coefficient (Wildman–Crippen LogP) is 0.714. The third-order valence-electron chi connectivity index (χ3n) is 4.21.